The summed E-state index contributed by atoms with van der Waals surface area (Å²) in [5.74, 6) is 0.188. The number of hydrogen-bond donors (Lipinski definition) is 3. The van der Waals surface area contributed by atoms with Gasteiger partial charge in [-0.2, -0.15) is 0 Å². The van der Waals surface area contributed by atoms with E-state index in [-0.39, 0.29) is 24.6 Å². The number of pyridine rings is 1. The second kappa shape index (κ2) is 7.46. The quantitative estimate of drug-likeness (QED) is 0.786. The maximum absolute atomic E-state index is 12.0. The van der Waals surface area contributed by atoms with Gasteiger partial charge in [0.15, 0.2) is 0 Å². The van der Waals surface area contributed by atoms with E-state index in [2.05, 4.69) is 15.6 Å². The van der Waals surface area contributed by atoms with Crippen molar-refractivity contribution in [2.75, 3.05) is 13.2 Å². The monoisotopic (exact) mass is 316 g/mol. The van der Waals surface area contributed by atoms with Crippen molar-refractivity contribution >= 4 is 11.7 Å². The van der Waals surface area contributed by atoms with E-state index in [1.54, 1.807) is 0 Å². The van der Waals surface area contributed by atoms with Gasteiger partial charge in [0, 0.05) is 43.9 Å². The lowest BCUT2D eigenvalue weighted by atomic mass is 9.85. The van der Waals surface area contributed by atoms with Gasteiger partial charge in [0.1, 0.15) is 5.65 Å². The fraction of sp³-hybridized carbons (Fsp3) is 0.529. The van der Waals surface area contributed by atoms with Gasteiger partial charge >= 0.3 is 6.03 Å². The molecule has 6 nitrogen and oxygen atoms in total. The Morgan fingerprint density at radius 2 is 2.22 bits per heavy atom. The molecule has 0 aliphatic heterocycles. The van der Waals surface area contributed by atoms with Crippen LogP contribution in [0, 0.1) is 5.92 Å². The van der Waals surface area contributed by atoms with E-state index in [0.717, 1.165) is 37.0 Å². The number of rotatable bonds is 5. The minimum Gasteiger partial charge on any atom is -0.396 e. The molecular weight excluding hydrogens is 292 g/mol. The van der Waals surface area contributed by atoms with E-state index < -0.39 is 0 Å². The number of imidazole rings is 1. The highest BCUT2D eigenvalue weighted by molar-refractivity contribution is 5.74. The van der Waals surface area contributed by atoms with Gasteiger partial charge < -0.3 is 20.1 Å². The van der Waals surface area contributed by atoms with Crippen molar-refractivity contribution in [2.45, 2.75) is 38.1 Å². The van der Waals surface area contributed by atoms with Gasteiger partial charge in [-0.25, -0.2) is 9.78 Å². The first-order chi connectivity index (χ1) is 11.3. The third kappa shape index (κ3) is 4.01. The van der Waals surface area contributed by atoms with E-state index in [1.165, 1.54) is 0 Å². The summed E-state index contributed by atoms with van der Waals surface area (Å²) in [5.41, 5.74) is 1.88. The first-order valence-corrected chi connectivity index (χ1v) is 8.34. The van der Waals surface area contributed by atoms with Crippen LogP contribution in [0.5, 0.6) is 0 Å². The Morgan fingerprint density at radius 3 is 3.04 bits per heavy atom. The maximum atomic E-state index is 12.0. The number of carbonyl (C=O) groups is 1. The zero-order valence-electron chi connectivity index (χ0n) is 13.2. The van der Waals surface area contributed by atoms with Crippen LogP contribution < -0.4 is 10.6 Å². The lowest BCUT2D eigenvalue weighted by Crippen LogP contribution is -2.48. The number of hydrogen-bond acceptors (Lipinski definition) is 3. The lowest BCUT2D eigenvalue weighted by molar-refractivity contribution is 0.154. The third-order valence-electron chi connectivity index (χ3n) is 4.54. The van der Waals surface area contributed by atoms with Crippen molar-refractivity contribution in [3.05, 3.63) is 36.3 Å². The zero-order valence-corrected chi connectivity index (χ0v) is 13.2. The van der Waals surface area contributed by atoms with Crippen LogP contribution in [0.4, 0.5) is 4.79 Å². The highest BCUT2D eigenvalue weighted by atomic mass is 16.3. The van der Waals surface area contributed by atoms with Gasteiger partial charge in [0.25, 0.3) is 0 Å². The fourth-order valence-corrected chi connectivity index (χ4v) is 3.25. The molecule has 2 aromatic heterocycles. The number of nitrogens with zero attached hydrogens (tertiary/aromatic N) is 2. The number of urea groups is 1. The summed E-state index contributed by atoms with van der Waals surface area (Å²) < 4.78 is 1.98. The summed E-state index contributed by atoms with van der Waals surface area (Å²) in [6.07, 6.45) is 8.83. The Balaban J connectivity index is 1.45. The summed E-state index contributed by atoms with van der Waals surface area (Å²) in [5, 5.41) is 15.3. The van der Waals surface area contributed by atoms with E-state index in [1.807, 2.05) is 35.0 Å². The predicted octanol–water partition coefficient (Wildman–Crippen LogP) is 1.73. The third-order valence-corrected chi connectivity index (χ3v) is 4.54. The number of fused-ring (bicyclic) bond motifs is 1. The number of amides is 2. The second-order valence-electron chi connectivity index (χ2n) is 6.18. The van der Waals surface area contributed by atoms with Crippen molar-refractivity contribution in [1.82, 2.24) is 20.0 Å². The van der Waals surface area contributed by atoms with Gasteiger partial charge in [-0.05, 0) is 25.0 Å². The topological polar surface area (TPSA) is 78.7 Å². The Bertz CT molecular complexity index is 622. The zero-order chi connectivity index (χ0) is 16.1. The molecule has 3 rings (SSSR count). The van der Waals surface area contributed by atoms with Crippen LogP contribution in [-0.2, 0) is 6.42 Å². The summed E-state index contributed by atoms with van der Waals surface area (Å²) in [4.78, 5) is 16.5. The summed E-state index contributed by atoms with van der Waals surface area (Å²) >= 11 is 0. The molecule has 2 heterocycles. The van der Waals surface area contributed by atoms with Crippen molar-refractivity contribution in [3.63, 3.8) is 0 Å². The average Bonchev–Trinajstić information content (AvgIpc) is 2.98. The standard InChI is InChI=1S/C17H24N4O2/c22-12-13-5-1-2-6-15(13)20-17(23)18-9-8-14-11-21-10-4-3-7-16(21)19-14/h3-4,7,10-11,13,15,22H,1-2,5-6,8-9,12H2,(H2,18,20,23). The number of aromatic nitrogens is 2. The predicted molar refractivity (Wildman–Crippen MR) is 88.3 cm³/mol. The Labute approximate surface area is 135 Å². The van der Waals surface area contributed by atoms with Crippen LogP contribution in [0.25, 0.3) is 5.65 Å². The van der Waals surface area contributed by atoms with Gasteiger partial charge in [-0.3, -0.25) is 0 Å². The molecule has 0 bridgehead atoms. The molecule has 1 aliphatic rings. The van der Waals surface area contributed by atoms with Crippen LogP contribution in [0.3, 0.4) is 0 Å². The van der Waals surface area contributed by atoms with Gasteiger partial charge in [0.2, 0.25) is 0 Å². The molecule has 3 N–H and O–H groups in total. The highest BCUT2D eigenvalue weighted by Crippen LogP contribution is 2.23. The molecule has 2 atom stereocenters. The molecule has 1 saturated carbocycles. The lowest BCUT2D eigenvalue weighted by Gasteiger charge is -2.30. The van der Waals surface area contributed by atoms with Crippen LogP contribution in [-0.4, -0.2) is 39.7 Å². The molecule has 0 radical (unpaired) electrons. The number of carbonyl (C=O) groups excluding carboxylic acids is 1. The molecule has 23 heavy (non-hydrogen) atoms. The Hall–Kier alpha value is -2.08. The molecule has 1 fully saturated rings. The van der Waals surface area contributed by atoms with Crippen molar-refractivity contribution in [1.29, 1.82) is 0 Å². The van der Waals surface area contributed by atoms with E-state index in [4.69, 9.17) is 0 Å². The van der Waals surface area contributed by atoms with Gasteiger partial charge in [-0.15, -0.1) is 0 Å². The molecule has 0 spiro atoms. The number of aliphatic hydroxyl groups excluding tert-OH is 1. The van der Waals surface area contributed by atoms with E-state index in [9.17, 15) is 9.90 Å². The summed E-state index contributed by atoms with van der Waals surface area (Å²) in [6.45, 7) is 0.693. The van der Waals surface area contributed by atoms with Crippen LogP contribution >= 0.6 is 0 Å². The average molecular weight is 316 g/mol. The maximum Gasteiger partial charge on any atom is 0.315 e. The normalized spacial score (nSPS) is 21.3. The molecule has 2 aromatic rings. The van der Waals surface area contributed by atoms with E-state index >= 15 is 0 Å². The van der Waals surface area contributed by atoms with Crippen LogP contribution in [0.15, 0.2) is 30.6 Å². The molecule has 0 saturated heterocycles. The summed E-state index contributed by atoms with van der Waals surface area (Å²) in [6, 6.07) is 5.82. The molecular formula is C17H24N4O2. The molecule has 6 heteroatoms. The van der Waals surface area contributed by atoms with Crippen molar-refractivity contribution in [3.8, 4) is 0 Å². The van der Waals surface area contributed by atoms with Crippen LogP contribution in [0.1, 0.15) is 31.4 Å². The first kappa shape index (κ1) is 15.8. The Kier molecular flexibility index (Phi) is 5.12. The SMILES string of the molecule is O=C(NCCc1cn2ccccc2n1)NC1CCCCC1CO. The molecule has 2 amide bonds. The first-order valence-electron chi connectivity index (χ1n) is 8.34. The minimum absolute atomic E-state index is 0.0870. The smallest absolute Gasteiger partial charge is 0.315 e. The minimum atomic E-state index is -0.154. The number of nitrogens with one attached hydrogen (secondary N) is 2. The van der Waals surface area contributed by atoms with Crippen molar-refractivity contribution in [2.24, 2.45) is 5.92 Å². The molecule has 2 unspecified atom stereocenters. The second-order valence-corrected chi connectivity index (χ2v) is 6.18. The van der Waals surface area contributed by atoms with Crippen molar-refractivity contribution < 1.29 is 9.90 Å². The highest BCUT2D eigenvalue weighted by Gasteiger charge is 2.25. The number of aliphatic hydroxyl groups is 1. The largest absolute Gasteiger partial charge is 0.396 e. The van der Waals surface area contributed by atoms with Gasteiger partial charge in [0.05, 0.1) is 5.69 Å². The fourth-order valence-electron chi connectivity index (χ4n) is 3.25. The van der Waals surface area contributed by atoms with E-state index in [0.29, 0.717) is 13.0 Å². The molecule has 0 aromatic carbocycles. The van der Waals surface area contributed by atoms with Crippen LogP contribution in [0.2, 0.25) is 0 Å². The Morgan fingerprint density at radius 1 is 1.35 bits per heavy atom. The molecule has 124 valence electrons. The van der Waals surface area contributed by atoms with Gasteiger partial charge in [-0.1, -0.05) is 18.9 Å². The molecule has 1 aliphatic carbocycles. The summed E-state index contributed by atoms with van der Waals surface area (Å²) in [7, 11) is 0.